The van der Waals surface area contributed by atoms with Gasteiger partial charge in [0.05, 0.1) is 12.0 Å². The largest absolute Gasteiger partial charge is 0.309 e. The SMILES string of the molecule is Cc1cc(CNC2CCCC2C#N)ccc1F. The van der Waals surface area contributed by atoms with Crippen LogP contribution in [-0.2, 0) is 6.54 Å². The molecule has 17 heavy (non-hydrogen) atoms. The molecular weight excluding hydrogens is 215 g/mol. The molecule has 1 aliphatic rings. The summed E-state index contributed by atoms with van der Waals surface area (Å²) in [4.78, 5) is 0. The van der Waals surface area contributed by atoms with Crippen LogP contribution >= 0.6 is 0 Å². The van der Waals surface area contributed by atoms with E-state index in [0.717, 1.165) is 24.8 Å². The van der Waals surface area contributed by atoms with Crippen LogP contribution in [0.1, 0.15) is 30.4 Å². The van der Waals surface area contributed by atoms with Gasteiger partial charge in [-0.15, -0.1) is 0 Å². The van der Waals surface area contributed by atoms with Crippen LogP contribution in [0.2, 0.25) is 0 Å². The van der Waals surface area contributed by atoms with Gasteiger partial charge in [0.15, 0.2) is 0 Å². The molecule has 0 bridgehead atoms. The zero-order valence-electron chi connectivity index (χ0n) is 10.0. The Morgan fingerprint density at radius 3 is 3.00 bits per heavy atom. The number of rotatable bonds is 3. The molecule has 0 amide bonds. The predicted molar refractivity (Wildman–Crippen MR) is 64.7 cm³/mol. The molecule has 0 aromatic heterocycles. The quantitative estimate of drug-likeness (QED) is 0.869. The number of hydrogen-bond acceptors (Lipinski definition) is 2. The van der Waals surface area contributed by atoms with Gasteiger partial charge >= 0.3 is 0 Å². The van der Waals surface area contributed by atoms with Gasteiger partial charge in [0.1, 0.15) is 5.82 Å². The Bertz CT molecular complexity index is 436. The van der Waals surface area contributed by atoms with Crippen LogP contribution < -0.4 is 5.32 Å². The molecule has 2 rings (SSSR count). The lowest BCUT2D eigenvalue weighted by Gasteiger charge is -2.15. The van der Waals surface area contributed by atoms with Crippen LogP contribution in [0.25, 0.3) is 0 Å². The van der Waals surface area contributed by atoms with Gasteiger partial charge in [-0.1, -0.05) is 18.6 Å². The Kier molecular flexibility index (Phi) is 3.75. The molecule has 3 heteroatoms. The average Bonchev–Trinajstić information content (AvgIpc) is 2.78. The van der Waals surface area contributed by atoms with E-state index in [2.05, 4.69) is 11.4 Å². The van der Waals surface area contributed by atoms with Gasteiger partial charge in [-0.25, -0.2) is 4.39 Å². The molecule has 1 aromatic rings. The van der Waals surface area contributed by atoms with Crippen LogP contribution in [0.15, 0.2) is 18.2 Å². The normalized spacial score (nSPS) is 23.6. The molecule has 0 spiro atoms. The summed E-state index contributed by atoms with van der Waals surface area (Å²) >= 11 is 0. The summed E-state index contributed by atoms with van der Waals surface area (Å²) in [7, 11) is 0. The maximum atomic E-state index is 13.1. The summed E-state index contributed by atoms with van der Waals surface area (Å²) < 4.78 is 13.1. The monoisotopic (exact) mass is 232 g/mol. The molecular formula is C14H17FN2. The number of halogens is 1. The Balaban J connectivity index is 1.93. The molecule has 90 valence electrons. The summed E-state index contributed by atoms with van der Waals surface area (Å²) in [6.07, 6.45) is 3.19. The van der Waals surface area contributed by atoms with Crippen LogP contribution in [0, 0.1) is 30.0 Å². The highest BCUT2D eigenvalue weighted by Gasteiger charge is 2.26. The number of benzene rings is 1. The standard InChI is InChI=1S/C14H17FN2/c1-10-7-11(5-6-13(10)15)9-17-14-4-2-3-12(14)8-16/h5-7,12,14,17H,2-4,9H2,1H3. The van der Waals surface area contributed by atoms with E-state index in [1.807, 2.05) is 6.07 Å². The first kappa shape index (κ1) is 12.1. The number of nitriles is 1. The maximum absolute atomic E-state index is 13.1. The molecule has 0 aliphatic heterocycles. The fourth-order valence-corrected chi connectivity index (χ4v) is 2.42. The molecule has 2 unspecified atom stereocenters. The predicted octanol–water partition coefficient (Wildman–Crippen LogP) is 2.92. The fraction of sp³-hybridized carbons (Fsp3) is 0.500. The smallest absolute Gasteiger partial charge is 0.126 e. The van der Waals surface area contributed by atoms with Gasteiger partial charge in [-0.05, 0) is 37.0 Å². The van der Waals surface area contributed by atoms with Crippen molar-refractivity contribution in [3.8, 4) is 6.07 Å². The highest BCUT2D eigenvalue weighted by molar-refractivity contribution is 5.23. The minimum atomic E-state index is -0.162. The first-order valence-electron chi connectivity index (χ1n) is 6.08. The van der Waals surface area contributed by atoms with Gasteiger partial charge in [0.2, 0.25) is 0 Å². The van der Waals surface area contributed by atoms with E-state index in [0.29, 0.717) is 18.2 Å². The van der Waals surface area contributed by atoms with E-state index in [9.17, 15) is 4.39 Å². The number of nitrogens with zero attached hydrogens (tertiary/aromatic N) is 1. The topological polar surface area (TPSA) is 35.8 Å². The van der Waals surface area contributed by atoms with Crippen LogP contribution in [-0.4, -0.2) is 6.04 Å². The zero-order chi connectivity index (χ0) is 12.3. The molecule has 0 radical (unpaired) electrons. The molecule has 2 atom stereocenters. The van der Waals surface area contributed by atoms with Gasteiger partial charge in [-0.2, -0.15) is 5.26 Å². The van der Waals surface area contributed by atoms with E-state index >= 15 is 0 Å². The second-order valence-electron chi connectivity index (χ2n) is 4.74. The van der Waals surface area contributed by atoms with Crippen molar-refractivity contribution in [1.29, 1.82) is 5.26 Å². The van der Waals surface area contributed by atoms with E-state index in [1.165, 1.54) is 6.07 Å². The minimum absolute atomic E-state index is 0.136. The molecule has 1 aliphatic carbocycles. The Labute approximate surface area is 101 Å². The van der Waals surface area contributed by atoms with Crippen LogP contribution in [0.5, 0.6) is 0 Å². The van der Waals surface area contributed by atoms with Crippen molar-refractivity contribution in [3.63, 3.8) is 0 Å². The van der Waals surface area contributed by atoms with E-state index in [-0.39, 0.29) is 11.7 Å². The van der Waals surface area contributed by atoms with Crippen LogP contribution in [0.3, 0.4) is 0 Å². The summed E-state index contributed by atoms with van der Waals surface area (Å²) in [5.74, 6) is -0.0268. The first-order valence-corrected chi connectivity index (χ1v) is 6.08. The molecule has 2 nitrogen and oxygen atoms in total. The van der Waals surface area contributed by atoms with Gasteiger partial charge in [0.25, 0.3) is 0 Å². The summed E-state index contributed by atoms with van der Waals surface area (Å²) in [6, 6.07) is 7.80. The third kappa shape index (κ3) is 2.83. The summed E-state index contributed by atoms with van der Waals surface area (Å²) in [5, 5.41) is 12.4. The third-order valence-electron chi connectivity index (χ3n) is 3.47. The van der Waals surface area contributed by atoms with Crippen molar-refractivity contribution in [3.05, 3.63) is 35.1 Å². The summed E-state index contributed by atoms with van der Waals surface area (Å²) in [5.41, 5.74) is 1.75. The zero-order valence-corrected chi connectivity index (χ0v) is 10.0. The highest BCUT2D eigenvalue weighted by Crippen LogP contribution is 2.25. The van der Waals surface area contributed by atoms with Crippen LogP contribution in [0.4, 0.5) is 4.39 Å². The minimum Gasteiger partial charge on any atom is -0.309 e. The second kappa shape index (κ2) is 5.29. The molecule has 1 N–H and O–H groups in total. The molecule has 0 heterocycles. The molecule has 1 fully saturated rings. The number of nitrogens with one attached hydrogen (secondary N) is 1. The van der Waals surface area contributed by atoms with E-state index in [4.69, 9.17) is 5.26 Å². The van der Waals surface area contributed by atoms with Crippen molar-refractivity contribution in [2.75, 3.05) is 0 Å². The van der Waals surface area contributed by atoms with Gasteiger partial charge in [-0.3, -0.25) is 0 Å². The molecule has 1 saturated carbocycles. The van der Waals surface area contributed by atoms with Gasteiger partial charge in [0, 0.05) is 12.6 Å². The van der Waals surface area contributed by atoms with Crippen molar-refractivity contribution >= 4 is 0 Å². The van der Waals surface area contributed by atoms with E-state index < -0.39 is 0 Å². The molecule has 0 saturated heterocycles. The molecule has 1 aromatic carbocycles. The van der Waals surface area contributed by atoms with E-state index in [1.54, 1.807) is 13.0 Å². The second-order valence-corrected chi connectivity index (χ2v) is 4.74. The Morgan fingerprint density at radius 1 is 1.47 bits per heavy atom. The Hall–Kier alpha value is -1.40. The van der Waals surface area contributed by atoms with Crippen molar-refractivity contribution in [1.82, 2.24) is 5.32 Å². The van der Waals surface area contributed by atoms with Crippen molar-refractivity contribution < 1.29 is 4.39 Å². The lowest BCUT2D eigenvalue weighted by atomic mass is 10.1. The van der Waals surface area contributed by atoms with Gasteiger partial charge < -0.3 is 5.32 Å². The fourth-order valence-electron chi connectivity index (χ4n) is 2.42. The number of aryl methyl sites for hydroxylation is 1. The van der Waals surface area contributed by atoms with Crippen molar-refractivity contribution in [2.24, 2.45) is 5.92 Å². The average molecular weight is 232 g/mol. The van der Waals surface area contributed by atoms with Crippen molar-refractivity contribution in [2.45, 2.75) is 38.8 Å². The highest BCUT2D eigenvalue weighted by atomic mass is 19.1. The Morgan fingerprint density at radius 2 is 2.29 bits per heavy atom. The lowest BCUT2D eigenvalue weighted by molar-refractivity contribution is 0.464. The summed E-state index contributed by atoms with van der Waals surface area (Å²) in [6.45, 7) is 2.48. The lowest BCUT2D eigenvalue weighted by Crippen LogP contribution is -2.31. The third-order valence-corrected chi connectivity index (χ3v) is 3.47. The first-order chi connectivity index (χ1) is 8.20. The maximum Gasteiger partial charge on any atom is 0.126 e. The number of hydrogen-bond donors (Lipinski definition) is 1.